The Morgan fingerprint density at radius 2 is 2.00 bits per heavy atom. The van der Waals surface area contributed by atoms with Crippen LogP contribution in [0, 0.1) is 0 Å². The highest BCUT2D eigenvalue weighted by atomic mass is 16.2. The molecule has 4 aromatic rings. The highest BCUT2D eigenvalue weighted by Gasteiger charge is 2.15. The normalized spacial score (nSPS) is 11.3. The van der Waals surface area contributed by atoms with Gasteiger partial charge in [0.15, 0.2) is 5.65 Å². The molecular formula is C14H10N6O. The molecule has 102 valence electrons. The largest absolute Gasteiger partial charge is 0.290 e. The summed E-state index contributed by atoms with van der Waals surface area (Å²) in [4.78, 5) is 11.7. The SMILES string of the molecule is NNC(=O)c1cnn2c1nnc1c3ccccc3ccc12. The van der Waals surface area contributed by atoms with Crippen molar-refractivity contribution >= 4 is 33.4 Å². The smallest absolute Gasteiger partial charge is 0.270 e. The van der Waals surface area contributed by atoms with E-state index in [2.05, 4.69) is 20.7 Å². The topological polar surface area (TPSA) is 98.2 Å². The summed E-state index contributed by atoms with van der Waals surface area (Å²) < 4.78 is 1.60. The molecule has 0 aliphatic carbocycles. The second kappa shape index (κ2) is 4.22. The predicted octanol–water partition coefficient (Wildman–Crippen LogP) is 1.03. The summed E-state index contributed by atoms with van der Waals surface area (Å²) in [5.41, 5.74) is 4.27. The van der Waals surface area contributed by atoms with Gasteiger partial charge in [0, 0.05) is 5.39 Å². The van der Waals surface area contributed by atoms with Crippen LogP contribution >= 0.6 is 0 Å². The van der Waals surface area contributed by atoms with Crippen molar-refractivity contribution in [3.05, 3.63) is 48.2 Å². The van der Waals surface area contributed by atoms with E-state index in [0.29, 0.717) is 11.2 Å². The minimum absolute atomic E-state index is 0.292. The number of carbonyl (C=O) groups is 1. The molecule has 0 spiro atoms. The third-order valence-corrected chi connectivity index (χ3v) is 3.47. The van der Waals surface area contributed by atoms with Gasteiger partial charge in [0.05, 0.1) is 11.7 Å². The van der Waals surface area contributed by atoms with Gasteiger partial charge in [0.2, 0.25) is 0 Å². The van der Waals surface area contributed by atoms with Crippen LogP contribution in [0.3, 0.4) is 0 Å². The fourth-order valence-corrected chi connectivity index (χ4v) is 2.47. The maximum atomic E-state index is 11.7. The first kappa shape index (κ1) is 11.7. The lowest BCUT2D eigenvalue weighted by molar-refractivity contribution is 0.0955. The Kier molecular flexibility index (Phi) is 2.36. The summed E-state index contributed by atoms with van der Waals surface area (Å²) in [5.74, 6) is 4.71. The number of nitrogens with two attached hydrogens (primary N) is 1. The van der Waals surface area contributed by atoms with Crippen molar-refractivity contribution in [3.63, 3.8) is 0 Å². The fourth-order valence-electron chi connectivity index (χ4n) is 2.47. The molecule has 0 aliphatic rings. The van der Waals surface area contributed by atoms with Crippen molar-refractivity contribution in [3.8, 4) is 0 Å². The van der Waals surface area contributed by atoms with Crippen LogP contribution in [0.4, 0.5) is 0 Å². The zero-order chi connectivity index (χ0) is 14.4. The number of carbonyl (C=O) groups excluding carboxylic acids is 1. The summed E-state index contributed by atoms with van der Waals surface area (Å²) in [7, 11) is 0. The minimum atomic E-state index is -0.445. The molecule has 0 atom stereocenters. The average molecular weight is 278 g/mol. The van der Waals surface area contributed by atoms with Crippen LogP contribution in [-0.2, 0) is 0 Å². The van der Waals surface area contributed by atoms with Crippen LogP contribution in [0.25, 0.3) is 27.5 Å². The highest BCUT2D eigenvalue weighted by molar-refractivity contribution is 6.05. The lowest BCUT2D eigenvalue weighted by Gasteiger charge is -2.04. The number of nitrogens with one attached hydrogen (secondary N) is 1. The zero-order valence-corrected chi connectivity index (χ0v) is 10.8. The summed E-state index contributed by atoms with van der Waals surface area (Å²) >= 11 is 0. The molecule has 2 aromatic carbocycles. The lowest BCUT2D eigenvalue weighted by Crippen LogP contribution is -2.30. The van der Waals surface area contributed by atoms with Gasteiger partial charge < -0.3 is 0 Å². The lowest BCUT2D eigenvalue weighted by atomic mass is 10.1. The maximum absolute atomic E-state index is 11.7. The van der Waals surface area contributed by atoms with E-state index in [9.17, 15) is 4.79 Å². The number of hydrogen-bond acceptors (Lipinski definition) is 5. The second-order valence-electron chi connectivity index (χ2n) is 4.62. The molecule has 7 nitrogen and oxygen atoms in total. The molecule has 7 heteroatoms. The number of rotatable bonds is 1. The van der Waals surface area contributed by atoms with E-state index >= 15 is 0 Å². The van der Waals surface area contributed by atoms with Crippen LogP contribution in [0.1, 0.15) is 10.4 Å². The highest BCUT2D eigenvalue weighted by Crippen LogP contribution is 2.23. The van der Waals surface area contributed by atoms with Crippen molar-refractivity contribution in [2.24, 2.45) is 5.84 Å². The number of nitrogens with zero attached hydrogens (tertiary/aromatic N) is 4. The van der Waals surface area contributed by atoms with Crippen LogP contribution in [0.5, 0.6) is 0 Å². The Balaban J connectivity index is 2.13. The number of amides is 1. The first-order chi connectivity index (χ1) is 10.3. The summed E-state index contributed by atoms with van der Waals surface area (Å²) in [6, 6.07) is 11.8. The molecule has 3 N–H and O–H groups in total. The fraction of sp³-hybridized carbons (Fsp3) is 0. The number of fused-ring (bicyclic) bond motifs is 5. The van der Waals surface area contributed by atoms with Gasteiger partial charge in [-0.15, -0.1) is 10.2 Å². The summed E-state index contributed by atoms with van der Waals surface area (Å²) in [6.07, 6.45) is 1.43. The van der Waals surface area contributed by atoms with Gasteiger partial charge in [-0.1, -0.05) is 30.3 Å². The molecule has 1 amide bonds. The predicted molar refractivity (Wildman–Crippen MR) is 77.4 cm³/mol. The van der Waals surface area contributed by atoms with Crippen LogP contribution in [-0.4, -0.2) is 25.7 Å². The Bertz CT molecular complexity index is 1010. The third-order valence-electron chi connectivity index (χ3n) is 3.47. The van der Waals surface area contributed by atoms with Gasteiger partial charge in [0.25, 0.3) is 5.91 Å². The number of nitrogen functional groups attached to an aromatic ring is 1. The standard InChI is InChI=1S/C14H10N6O/c15-17-14(21)10-7-16-20-11-6-5-8-3-1-2-4-9(8)12(11)18-19-13(10)20/h1-7H,15H2,(H,17,21). The van der Waals surface area contributed by atoms with E-state index < -0.39 is 5.91 Å². The first-order valence-corrected chi connectivity index (χ1v) is 6.32. The van der Waals surface area contributed by atoms with Gasteiger partial charge >= 0.3 is 0 Å². The van der Waals surface area contributed by atoms with E-state index in [4.69, 9.17) is 5.84 Å². The molecule has 0 radical (unpaired) electrons. The van der Waals surface area contributed by atoms with Gasteiger partial charge in [-0.2, -0.15) is 5.10 Å². The van der Waals surface area contributed by atoms with Gasteiger partial charge in [-0.25, -0.2) is 10.4 Å². The molecule has 2 heterocycles. The molecule has 0 bridgehead atoms. The van der Waals surface area contributed by atoms with E-state index in [1.165, 1.54) is 6.20 Å². The van der Waals surface area contributed by atoms with Crippen molar-refractivity contribution in [2.45, 2.75) is 0 Å². The molecular weight excluding hydrogens is 268 g/mol. The van der Waals surface area contributed by atoms with Crippen molar-refractivity contribution < 1.29 is 4.79 Å². The molecule has 4 rings (SSSR count). The number of hydrogen-bond donors (Lipinski definition) is 2. The summed E-state index contributed by atoms with van der Waals surface area (Å²) in [6.45, 7) is 0. The van der Waals surface area contributed by atoms with E-state index in [-0.39, 0.29) is 0 Å². The Morgan fingerprint density at radius 3 is 2.86 bits per heavy atom. The van der Waals surface area contributed by atoms with Crippen LogP contribution < -0.4 is 11.3 Å². The van der Waals surface area contributed by atoms with E-state index in [1.54, 1.807) is 4.52 Å². The molecule has 0 aliphatic heterocycles. The van der Waals surface area contributed by atoms with Crippen molar-refractivity contribution in [2.75, 3.05) is 0 Å². The average Bonchev–Trinajstić information content (AvgIpc) is 2.98. The number of aromatic nitrogens is 4. The first-order valence-electron chi connectivity index (χ1n) is 6.32. The monoisotopic (exact) mass is 278 g/mol. The van der Waals surface area contributed by atoms with E-state index in [1.807, 2.05) is 36.4 Å². The van der Waals surface area contributed by atoms with E-state index in [0.717, 1.165) is 21.8 Å². The Morgan fingerprint density at radius 1 is 1.14 bits per heavy atom. The zero-order valence-electron chi connectivity index (χ0n) is 10.8. The van der Waals surface area contributed by atoms with Crippen LogP contribution in [0.15, 0.2) is 42.6 Å². The van der Waals surface area contributed by atoms with Gasteiger partial charge in [-0.05, 0) is 11.5 Å². The molecule has 0 fully saturated rings. The Labute approximate surface area is 118 Å². The molecule has 0 saturated carbocycles. The summed E-state index contributed by atoms with van der Waals surface area (Å²) in [5, 5.41) is 14.7. The molecule has 2 aromatic heterocycles. The minimum Gasteiger partial charge on any atom is -0.290 e. The maximum Gasteiger partial charge on any atom is 0.270 e. The number of hydrazine groups is 1. The molecule has 0 unspecified atom stereocenters. The quantitative estimate of drug-likeness (QED) is 0.234. The van der Waals surface area contributed by atoms with Crippen LogP contribution in [0.2, 0.25) is 0 Å². The van der Waals surface area contributed by atoms with Gasteiger partial charge in [-0.3, -0.25) is 10.2 Å². The third kappa shape index (κ3) is 1.58. The van der Waals surface area contributed by atoms with Crippen molar-refractivity contribution in [1.82, 2.24) is 25.2 Å². The molecule has 0 saturated heterocycles. The van der Waals surface area contributed by atoms with Gasteiger partial charge in [0.1, 0.15) is 11.1 Å². The molecule has 21 heavy (non-hydrogen) atoms. The Hall–Kier alpha value is -3.06. The second-order valence-corrected chi connectivity index (χ2v) is 4.62. The van der Waals surface area contributed by atoms with Crippen molar-refractivity contribution in [1.29, 1.82) is 0 Å². The number of benzene rings is 2.